The van der Waals surface area contributed by atoms with Gasteiger partial charge in [0.15, 0.2) is 0 Å². The third kappa shape index (κ3) is 4.36. The summed E-state index contributed by atoms with van der Waals surface area (Å²) in [5.74, 6) is -0.207. The average molecular weight is 406 g/mol. The van der Waals surface area contributed by atoms with Crippen molar-refractivity contribution in [2.75, 3.05) is 0 Å². The second kappa shape index (κ2) is 8.09. The molecule has 1 aromatic heterocycles. The molecule has 3 aromatic rings. The van der Waals surface area contributed by atoms with Crippen molar-refractivity contribution in [2.45, 2.75) is 13.0 Å². The van der Waals surface area contributed by atoms with E-state index in [1.165, 1.54) is 0 Å². The Kier molecular flexibility index (Phi) is 5.82. The van der Waals surface area contributed by atoms with Gasteiger partial charge >= 0.3 is 0 Å². The normalized spacial score (nSPS) is 11.8. The number of carbonyl (C=O) groups excluding carboxylic acids is 1. The fraction of sp³-hybridized carbons (Fsp3) is 0.100. The summed E-state index contributed by atoms with van der Waals surface area (Å²) < 4.78 is 0. The van der Waals surface area contributed by atoms with Crippen LogP contribution in [0.25, 0.3) is 0 Å². The van der Waals surface area contributed by atoms with Crippen molar-refractivity contribution in [3.05, 3.63) is 98.2 Å². The van der Waals surface area contributed by atoms with Gasteiger partial charge in [-0.05, 0) is 48.9 Å². The molecule has 0 aliphatic heterocycles. The van der Waals surface area contributed by atoms with Crippen molar-refractivity contribution in [1.82, 2.24) is 10.3 Å². The number of aryl methyl sites for hydroxylation is 1. The molecule has 1 atom stereocenters. The first kappa shape index (κ1) is 18.7. The topological polar surface area (TPSA) is 42.0 Å². The number of pyridine rings is 1. The van der Waals surface area contributed by atoms with Gasteiger partial charge in [0, 0.05) is 11.8 Å². The maximum atomic E-state index is 12.7. The van der Waals surface area contributed by atoms with Gasteiger partial charge in [0.2, 0.25) is 0 Å². The molecule has 132 valence electrons. The van der Waals surface area contributed by atoms with Gasteiger partial charge in [0.1, 0.15) is 0 Å². The number of hydrogen-bond donors (Lipinski definition) is 1. The summed E-state index contributed by atoms with van der Waals surface area (Å²) in [6.07, 6.45) is 1.54. The molecular formula is C20H15Cl3N2O. The van der Waals surface area contributed by atoms with Crippen molar-refractivity contribution in [3.8, 4) is 0 Å². The molecule has 1 heterocycles. The van der Waals surface area contributed by atoms with E-state index >= 15 is 0 Å². The molecule has 1 amide bonds. The van der Waals surface area contributed by atoms with Crippen LogP contribution in [0.4, 0.5) is 0 Å². The molecule has 2 aromatic carbocycles. The average Bonchev–Trinajstić information content (AvgIpc) is 2.63. The van der Waals surface area contributed by atoms with Gasteiger partial charge in [0.25, 0.3) is 5.91 Å². The lowest BCUT2D eigenvalue weighted by molar-refractivity contribution is 0.0942. The molecule has 3 nitrogen and oxygen atoms in total. The van der Waals surface area contributed by atoms with Crippen LogP contribution in [0.5, 0.6) is 0 Å². The molecule has 0 aliphatic rings. The predicted molar refractivity (Wildman–Crippen MR) is 106 cm³/mol. The Bertz CT molecular complexity index is 942. The smallest absolute Gasteiger partial charge is 0.252 e. The number of hydrogen-bond acceptors (Lipinski definition) is 2. The molecule has 0 fully saturated rings. The number of halogens is 3. The van der Waals surface area contributed by atoms with Gasteiger partial charge in [-0.2, -0.15) is 0 Å². The molecule has 0 radical (unpaired) electrons. The summed E-state index contributed by atoms with van der Waals surface area (Å²) in [5, 5.41) is 4.39. The van der Waals surface area contributed by atoms with Gasteiger partial charge in [-0.1, -0.05) is 58.6 Å². The lowest BCUT2D eigenvalue weighted by atomic mass is 10.0. The molecular weight excluding hydrogens is 391 g/mol. The van der Waals surface area contributed by atoms with Crippen molar-refractivity contribution in [1.29, 1.82) is 0 Å². The fourth-order valence-electron chi connectivity index (χ4n) is 2.58. The maximum absolute atomic E-state index is 12.7. The minimum Gasteiger partial charge on any atom is -0.340 e. The highest BCUT2D eigenvalue weighted by atomic mass is 35.5. The van der Waals surface area contributed by atoms with Crippen LogP contribution in [0.1, 0.15) is 33.2 Å². The molecule has 1 unspecified atom stereocenters. The van der Waals surface area contributed by atoms with Crippen LogP contribution < -0.4 is 5.32 Å². The third-order valence-corrected chi connectivity index (χ3v) is 4.84. The van der Waals surface area contributed by atoms with Gasteiger partial charge in [-0.25, -0.2) is 0 Å². The zero-order valence-electron chi connectivity index (χ0n) is 13.8. The van der Waals surface area contributed by atoms with E-state index in [2.05, 4.69) is 10.3 Å². The molecule has 0 aliphatic carbocycles. The first-order valence-electron chi connectivity index (χ1n) is 7.88. The van der Waals surface area contributed by atoms with Crippen LogP contribution in [0, 0.1) is 6.92 Å². The van der Waals surface area contributed by atoms with Gasteiger partial charge in [-0.3, -0.25) is 9.78 Å². The van der Waals surface area contributed by atoms with E-state index in [-0.39, 0.29) is 5.91 Å². The number of benzene rings is 2. The summed E-state index contributed by atoms with van der Waals surface area (Å²) in [6, 6.07) is 15.6. The van der Waals surface area contributed by atoms with Crippen LogP contribution in [0.15, 0.2) is 60.8 Å². The van der Waals surface area contributed by atoms with E-state index in [9.17, 15) is 4.79 Å². The second-order valence-electron chi connectivity index (χ2n) is 5.85. The quantitative estimate of drug-likeness (QED) is 0.590. The minimum atomic E-state index is -0.491. The third-order valence-electron chi connectivity index (χ3n) is 3.88. The van der Waals surface area contributed by atoms with E-state index in [0.29, 0.717) is 26.3 Å². The number of carbonyl (C=O) groups is 1. The predicted octanol–water partition coefficient (Wildman–Crippen LogP) is 5.87. The van der Waals surface area contributed by atoms with Crippen LogP contribution in [-0.2, 0) is 0 Å². The Labute approximate surface area is 166 Å². The van der Waals surface area contributed by atoms with Crippen molar-refractivity contribution >= 4 is 40.7 Å². The van der Waals surface area contributed by atoms with Gasteiger partial charge < -0.3 is 5.32 Å². The first-order valence-corrected chi connectivity index (χ1v) is 9.01. The summed E-state index contributed by atoms with van der Waals surface area (Å²) in [7, 11) is 0. The van der Waals surface area contributed by atoms with E-state index in [4.69, 9.17) is 34.8 Å². The number of nitrogens with one attached hydrogen (secondary N) is 1. The lowest BCUT2D eigenvalue weighted by Crippen LogP contribution is -2.30. The zero-order chi connectivity index (χ0) is 18.7. The Hall–Kier alpha value is -2.07. The maximum Gasteiger partial charge on any atom is 0.252 e. The van der Waals surface area contributed by atoms with Crippen LogP contribution in [0.3, 0.4) is 0 Å². The summed E-state index contributed by atoms with van der Waals surface area (Å²) in [4.78, 5) is 17.1. The molecule has 26 heavy (non-hydrogen) atoms. The number of rotatable bonds is 4. The highest BCUT2D eigenvalue weighted by molar-refractivity contribution is 6.42. The molecule has 0 saturated heterocycles. The van der Waals surface area contributed by atoms with Crippen molar-refractivity contribution in [3.63, 3.8) is 0 Å². The summed E-state index contributed by atoms with van der Waals surface area (Å²) in [5.41, 5.74) is 3.00. The molecule has 0 bridgehead atoms. The molecule has 0 saturated carbocycles. The minimum absolute atomic E-state index is 0.207. The Morgan fingerprint density at radius 2 is 1.81 bits per heavy atom. The monoisotopic (exact) mass is 404 g/mol. The van der Waals surface area contributed by atoms with Crippen molar-refractivity contribution < 1.29 is 4.79 Å². The van der Waals surface area contributed by atoms with Gasteiger partial charge in [-0.15, -0.1) is 0 Å². The fourth-order valence-corrected chi connectivity index (χ4v) is 3.00. The summed E-state index contributed by atoms with van der Waals surface area (Å²) in [6.45, 7) is 1.94. The highest BCUT2D eigenvalue weighted by Crippen LogP contribution is 2.29. The van der Waals surface area contributed by atoms with Gasteiger partial charge in [0.05, 0.1) is 26.8 Å². The SMILES string of the molecule is Cc1cccc(C(=O)NC(c2ccc(Cl)c(Cl)c2)c2ccc(Cl)cn2)c1. The Morgan fingerprint density at radius 1 is 1.00 bits per heavy atom. The Morgan fingerprint density at radius 3 is 2.46 bits per heavy atom. The first-order chi connectivity index (χ1) is 12.4. The second-order valence-corrected chi connectivity index (χ2v) is 7.10. The van der Waals surface area contributed by atoms with E-state index in [1.54, 1.807) is 36.5 Å². The largest absolute Gasteiger partial charge is 0.340 e. The van der Waals surface area contributed by atoms with Crippen LogP contribution >= 0.6 is 34.8 Å². The van der Waals surface area contributed by atoms with E-state index in [1.807, 2.05) is 31.2 Å². The number of aromatic nitrogens is 1. The van der Waals surface area contributed by atoms with Crippen molar-refractivity contribution in [2.24, 2.45) is 0 Å². The van der Waals surface area contributed by atoms with Crippen LogP contribution in [-0.4, -0.2) is 10.9 Å². The number of nitrogens with zero attached hydrogens (tertiary/aromatic N) is 1. The highest BCUT2D eigenvalue weighted by Gasteiger charge is 2.20. The number of amides is 1. The molecule has 0 spiro atoms. The lowest BCUT2D eigenvalue weighted by Gasteiger charge is -2.20. The van der Waals surface area contributed by atoms with E-state index in [0.717, 1.165) is 11.1 Å². The molecule has 1 N–H and O–H groups in total. The molecule has 6 heteroatoms. The summed E-state index contributed by atoms with van der Waals surface area (Å²) >= 11 is 18.1. The molecule has 3 rings (SSSR count). The Balaban J connectivity index is 1.98. The standard InChI is InChI=1S/C20H15Cl3N2O/c1-12-3-2-4-14(9-12)20(26)25-19(18-8-6-15(21)11-24-18)13-5-7-16(22)17(23)10-13/h2-11,19H,1H3,(H,25,26). The van der Waals surface area contributed by atoms with Crippen LogP contribution in [0.2, 0.25) is 15.1 Å². The van der Waals surface area contributed by atoms with E-state index < -0.39 is 6.04 Å². The zero-order valence-corrected chi connectivity index (χ0v) is 16.1.